The third kappa shape index (κ3) is 4.00. The fourth-order valence-corrected chi connectivity index (χ4v) is 4.06. The molecule has 2 fully saturated rings. The molecule has 2 saturated heterocycles. The Morgan fingerprint density at radius 3 is 2.57 bits per heavy atom. The molecule has 0 radical (unpaired) electrons. The van der Waals surface area contributed by atoms with Gasteiger partial charge in [0.05, 0.1) is 0 Å². The van der Waals surface area contributed by atoms with Crippen LogP contribution in [0.3, 0.4) is 0 Å². The minimum absolute atomic E-state index is 0.815. The molecule has 0 unspecified atom stereocenters. The largest absolute Gasteiger partial charge is 0.300 e. The second-order valence-corrected chi connectivity index (χ2v) is 7.25. The molecule has 116 valence electrons. The van der Waals surface area contributed by atoms with E-state index in [1.165, 1.54) is 57.4 Å². The van der Waals surface area contributed by atoms with E-state index in [-0.39, 0.29) is 0 Å². The molecule has 1 aromatic rings. The molecule has 21 heavy (non-hydrogen) atoms. The molecule has 0 amide bonds. The molecule has 2 aliphatic heterocycles. The van der Waals surface area contributed by atoms with Crippen molar-refractivity contribution in [2.24, 2.45) is 5.92 Å². The Morgan fingerprint density at radius 2 is 1.86 bits per heavy atom. The molecule has 0 aromatic heterocycles. The van der Waals surface area contributed by atoms with Gasteiger partial charge in [0.15, 0.2) is 0 Å². The molecule has 3 heteroatoms. The van der Waals surface area contributed by atoms with Crippen LogP contribution in [-0.2, 0) is 6.54 Å². The minimum atomic E-state index is 0.815. The number of nitrogens with zero attached hydrogens (tertiary/aromatic N) is 2. The van der Waals surface area contributed by atoms with Gasteiger partial charge in [0, 0.05) is 24.2 Å². The lowest BCUT2D eigenvalue weighted by molar-refractivity contribution is 0.0729. The van der Waals surface area contributed by atoms with Crippen LogP contribution in [-0.4, -0.2) is 42.0 Å². The average molecular weight is 307 g/mol. The fraction of sp³-hybridized carbons (Fsp3) is 0.667. The van der Waals surface area contributed by atoms with Crippen LogP contribution in [0.25, 0.3) is 0 Å². The van der Waals surface area contributed by atoms with Crippen LogP contribution < -0.4 is 0 Å². The second kappa shape index (κ2) is 7.13. The predicted molar refractivity (Wildman–Crippen MR) is 89.7 cm³/mol. The summed E-state index contributed by atoms with van der Waals surface area (Å²) in [6, 6.07) is 9.06. The fourth-order valence-electron chi connectivity index (χ4n) is 3.87. The van der Waals surface area contributed by atoms with Crippen LogP contribution in [0.5, 0.6) is 0 Å². The Hall–Kier alpha value is -0.570. The standard InChI is InChI=1S/C18H27ClN2/c1-15-5-4-10-21(13-15)17-8-11-20(12-9-17)14-16-6-2-3-7-18(16)19/h2-3,6-7,15,17H,4-5,8-14H2,1H3/t15-/m0/s1. The van der Waals surface area contributed by atoms with Crippen LogP contribution in [0.2, 0.25) is 5.02 Å². The number of rotatable bonds is 3. The molecule has 0 aliphatic carbocycles. The summed E-state index contributed by atoms with van der Waals surface area (Å²) in [6.45, 7) is 8.46. The molecule has 1 aromatic carbocycles. The smallest absolute Gasteiger partial charge is 0.0451 e. The Kier molecular flexibility index (Phi) is 5.20. The zero-order valence-electron chi connectivity index (χ0n) is 13.1. The van der Waals surface area contributed by atoms with E-state index < -0.39 is 0 Å². The van der Waals surface area contributed by atoms with Crippen LogP contribution in [0.4, 0.5) is 0 Å². The highest BCUT2D eigenvalue weighted by Gasteiger charge is 2.27. The molecule has 2 nitrogen and oxygen atoms in total. The molecule has 2 heterocycles. The monoisotopic (exact) mass is 306 g/mol. The summed E-state index contributed by atoms with van der Waals surface area (Å²) in [5.74, 6) is 0.889. The first-order valence-corrected chi connectivity index (χ1v) is 8.80. The molecule has 2 aliphatic rings. The predicted octanol–water partition coefficient (Wildman–Crippen LogP) is 4.04. The normalized spacial score (nSPS) is 26.1. The summed E-state index contributed by atoms with van der Waals surface area (Å²) in [7, 11) is 0. The van der Waals surface area contributed by atoms with Gasteiger partial charge in [-0.05, 0) is 62.9 Å². The molecule has 0 bridgehead atoms. The van der Waals surface area contributed by atoms with Crippen molar-refractivity contribution in [2.75, 3.05) is 26.2 Å². The Labute approximate surface area is 134 Å². The summed E-state index contributed by atoms with van der Waals surface area (Å²) in [6.07, 6.45) is 5.44. The molecule has 0 spiro atoms. The SMILES string of the molecule is C[C@H]1CCCN(C2CCN(Cc3ccccc3Cl)CC2)C1. The number of likely N-dealkylation sites (tertiary alicyclic amines) is 2. The highest BCUT2D eigenvalue weighted by molar-refractivity contribution is 6.31. The van der Waals surface area contributed by atoms with Crippen molar-refractivity contribution >= 4 is 11.6 Å². The lowest BCUT2D eigenvalue weighted by Gasteiger charge is -2.41. The lowest BCUT2D eigenvalue weighted by Crippen LogP contribution is -2.47. The molecule has 3 rings (SSSR count). The van der Waals surface area contributed by atoms with Gasteiger partial charge < -0.3 is 4.90 Å². The zero-order valence-corrected chi connectivity index (χ0v) is 13.9. The maximum atomic E-state index is 6.28. The maximum absolute atomic E-state index is 6.28. The first-order valence-electron chi connectivity index (χ1n) is 8.42. The van der Waals surface area contributed by atoms with E-state index >= 15 is 0 Å². The first kappa shape index (κ1) is 15.3. The van der Waals surface area contributed by atoms with Gasteiger partial charge in [-0.3, -0.25) is 4.90 Å². The van der Waals surface area contributed by atoms with Crippen LogP contribution in [0, 0.1) is 5.92 Å². The summed E-state index contributed by atoms with van der Waals surface area (Å²) < 4.78 is 0. The van der Waals surface area contributed by atoms with Gasteiger partial charge in [0.25, 0.3) is 0 Å². The Morgan fingerprint density at radius 1 is 1.10 bits per heavy atom. The lowest BCUT2D eigenvalue weighted by atomic mass is 9.95. The van der Waals surface area contributed by atoms with E-state index in [1.807, 2.05) is 12.1 Å². The minimum Gasteiger partial charge on any atom is -0.300 e. The number of piperidine rings is 2. The van der Waals surface area contributed by atoms with E-state index in [1.54, 1.807) is 0 Å². The van der Waals surface area contributed by atoms with E-state index in [0.29, 0.717) is 0 Å². The molecular weight excluding hydrogens is 280 g/mol. The van der Waals surface area contributed by atoms with Gasteiger partial charge >= 0.3 is 0 Å². The average Bonchev–Trinajstić information content (AvgIpc) is 2.50. The van der Waals surface area contributed by atoms with E-state index in [0.717, 1.165) is 23.5 Å². The second-order valence-electron chi connectivity index (χ2n) is 6.84. The zero-order chi connectivity index (χ0) is 14.7. The molecule has 0 N–H and O–H groups in total. The third-order valence-corrected chi connectivity index (χ3v) is 5.48. The van der Waals surface area contributed by atoms with Crippen LogP contribution in [0.15, 0.2) is 24.3 Å². The molecule has 0 saturated carbocycles. The number of hydrogen-bond donors (Lipinski definition) is 0. The summed E-state index contributed by atoms with van der Waals surface area (Å²) in [5, 5.41) is 0.907. The van der Waals surface area contributed by atoms with Crippen molar-refractivity contribution in [3.63, 3.8) is 0 Å². The summed E-state index contributed by atoms with van der Waals surface area (Å²) in [4.78, 5) is 5.31. The number of benzene rings is 1. The van der Waals surface area contributed by atoms with Gasteiger partial charge in [0.2, 0.25) is 0 Å². The van der Waals surface area contributed by atoms with Gasteiger partial charge in [-0.1, -0.05) is 36.7 Å². The topological polar surface area (TPSA) is 6.48 Å². The van der Waals surface area contributed by atoms with Crippen molar-refractivity contribution in [3.8, 4) is 0 Å². The summed E-state index contributed by atoms with van der Waals surface area (Å²) >= 11 is 6.28. The van der Waals surface area contributed by atoms with Gasteiger partial charge in [-0.25, -0.2) is 0 Å². The van der Waals surface area contributed by atoms with Crippen molar-refractivity contribution in [1.82, 2.24) is 9.80 Å². The molecule has 1 atom stereocenters. The van der Waals surface area contributed by atoms with Crippen molar-refractivity contribution < 1.29 is 0 Å². The van der Waals surface area contributed by atoms with Crippen LogP contribution in [0.1, 0.15) is 38.2 Å². The van der Waals surface area contributed by atoms with Gasteiger partial charge in [-0.15, -0.1) is 0 Å². The van der Waals surface area contributed by atoms with Crippen molar-refractivity contribution in [1.29, 1.82) is 0 Å². The first-order chi connectivity index (χ1) is 10.2. The van der Waals surface area contributed by atoms with Crippen molar-refractivity contribution in [2.45, 2.75) is 45.2 Å². The highest BCUT2D eigenvalue weighted by atomic mass is 35.5. The van der Waals surface area contributed by atoms with E-state index in [9.17, 15) is 0 Å². The molecular formula is C18H27ClN2. The van der Waals surface area contributed by atoms with Crippen molar-refractivity contribution in [3.05, 3.63) is 34.9 Å². The third-order valence-electron chi connectivity index (χ3n) is 5.11. The Bertz CT molecular complexity index is 454. The van der Waals surface area contributed by atoms with E-state index in [4.69, 9.17) is 11.6 Å². The van der Waals surface area contributed by atoms with E-state index in [2.05, 4.69) is 28.9 Å². The number of hydrogen-bond acceptors (Lipinski definition) is 2. The maximum Gasteiger partial charge on any atom is 0.0451 e. The highest BCUT2D eigenvalue weighted by Crippen LogP contribution is 2.25. The van der Waals surface area contributed by atoms with Gasteiger partial charge in [0.1, 0.15) is 0 Å². The summed E-state index contributed by atoms with van der Waals surface area (Å²) in [5.41, 5.74) is 1.27. The quantitative estimate of drug-likeness (QED) is 0.831. The Balaban J connectivity index is 1.50. The number of halogens is 1. The van der Waals surface area contributed by atoms with Gasteiger partial charge in [-0.2, -0.15) is 0 Å². The van der Waals surface area contributed by atoms with Crippen LogP contribution >= 0.6 is 11.6 Å².